The number of rotatable bonds is 6. The number of aryl methyl sites for hydroxylation is 2. The lowest BCUT2D eigenvalue weighted by Crippen LogP contribution is -2.28. The van der Waals surface area contributed by atoms with E-state index >= 15 is 0 Å². The molecule has 2 N–H and O–H groups in total. The first-order valence-corrected chi connectivity index (χ1v) is 10.6. The molecule has 0 saturated heterocycles. The van der Waals surface area contributed by atoms with Crippen molar-refractivity contribution in [3.63, 3.8) is 0 Å². The number of hydrogen-bond acceptors (Lipinski definition) is 4. The van der Waals surface area contributed by atoms with Crippen LogP contribution in [0.1, 0.15) is 24.0 Å². The van der Waals surface area contributed by atoms with E-state index in [1.54, 1.807) is 7.11 Å². The van der Waals surface area contributed by atoms with E-state index in [9.17, 15) is 4.79 Å². The Morgan fingerprint density at radius 1 is 1.03 bits per heavy atom. The topological polar surface area (TPSA) is 81.1 Å². The van der Waals surface area contributed by atoms with E-state index in [4.69, 9.17) is 9.72 Å². The van der Waals surface area contributed by atoms with Crippen molar-refractivity contribution in [2.24, 2.45) is 0 Å². The van der Waals surface area contributed by atoms with Gasteiger partial charge in [0.1, 0.15) is 17.1 Å². The number of hydrogen-bond donors (Lipinski definition) is 2. The Labute approximate surface area is 187 Å². The molecule has 0 aliphatic heterocycles. The first-order valence-electron chi connectivity index (χ1n) is 10.6. The number of benzene rings is 2. The number of aromatic nitrogens is 3. The number of urea groups is 1. The summed E-state index contributed by atoms with van der Waals surface area (Å²) >= 11 is 0. The summed E-state index contributed by atoms with van der Waals surface area (Å²) < 4.78 is 7.43. The van der Waals surface area contributed by atoms with Crippen LogP contribution in [0.2, 0.25) is 0 Å². The normalized spacial score (nSPS) is 10.9. The average molecular weight is 430 g/mol. The molecule has 32 heavy (non-hydrogen) atoms. The van der Waals surface area contributed by atoms with Crippen molar-refractivity contribution in [1.29, 1.82) is 0 Å². The second-order valence-electron chi connectivity index (χ2n) is 7.62. The maximum absolute atomic E-state index is 11.9. The number of imidazole rings is 1. The van der Waals surface area contributed by atoms with Crippen molar-refractivity contribution in [2.45, 2.75) is 27.3 Å². The SMILES string of the molecule is CCNC(=O)Nc1cc2nc(C)n(Cc3ccc(-c4cccc(OC)c4)cc3)c2nc1C. The summed E-state index contributed by atoms with van der Waals surface area (Å²) in [6.45, 7) is 6.96. The van der Waals surface area contributed by atoms with Crippen LogP contribution in [0, 0.1) is 13.8 Å². The summed E-state index contributed by atoms with van der Waals surface area (Å²) in [4.78, 5) is 21.3. The van der Waals surface area contributed by atoms with Crippen molar-refractivity contribution < 1.29 is 9.53 Å². The van der Waals surface area contributed by atoms with Gasteiger partial charge in [0.2, 0.25) is 0 Å². The first kappa shape index (κ1) is 21.4. The number of methoxy groups -OCH3 is 1. The zero-order valence-corrected chi connectivity index (χ0v) is 18.8. The Kier molecular flexibility index (Phi) is 6.07. The molecule has 0 saturated carbocycles. The van der Waals surface area contributed by atoms with Gasteiger partial charge in [-0.1, -0.05) is 36.4 Å². The molecule has 0 spiro atoms. The molecule has 0 aliphatic carbocycles. The fourth-order valence-corrected chi connectivity index (χ4v) is 3.68. The molecule has 0 bridgehead atoms. The number of nitrogens with zero attached hydrogens (tertiary/aromatic N) is 3. The maximum Gasteiger partial charge on any atom is 0.319 e. The van der Waals surface area contributed by atoms with Gasteiger partial charge in [0.05, 0.1) is 25.0 Å². The van der Waals surface area contributed by atoms with Crippen molar-refractivity contribution in [3.8, 4) is 16.9 Å². The molecule has 0 unspecified atom stereocenters. The molecule has 0 radical (unpaired) electrons. The van der Waals surface area contributed by atoms with Crippen LogP contribution in [0.5, 0.6) is 5.75 Å². The molecule has 0 aliphatic rings. The molecule has 0 atom stereocenters. The summed E-state index contributed by atoms with van der Waals surface area (Å²) in [6.07, 6.45) is 0. The highest BCUT2D eigenvalue weighted by Crippen LogP contribution is 2.26. The number of amides is 2. The molecule has 2 amide bonds. The van der Waals surface area contributed by atoms with Gasteiger partial charge < -0.3 is 19.9 Å². The zero-order chi connectivity index (χ0) is 22.7. The van der Waals surface area contributed by atoms with E-state index in [0.29, 0.717) is 18.8 Å². The van der Waals surface area contributed by atoms with Crippen LogP contribution < -0.4 is 15.4 Å². The van der Waals surface area contributed by atoms with Gasteiger partial charge in [0.15, 0.2) is 5.65 Å². The average Bonchev–Trinajstić information content (AvgIpc) is 3.08. The van der Waals surface area contributed by atoms with E-state index in [1.807, 2.05) is 45.0 Å². The molecule has 2 heterocycles. The molecule has 7 nitrogen and oxygen atoms in total. The van der Waals surface area contributed by atoms with E-state index in [0.717, 1.165) is 45.1 Å². The number of carbonyl (C=O) groups excluding carboxylic acids is 1. The van der Waals surface area contributed by atoms with Crippen LogP contribution >= 0.6 is 0 Å². The third-order valence-corrected chi connectivity index (χ3v) is 5.39. The van der Waals surface area contributed by atoms with Crippen LogP contribution in [0.4, 0.5) is 10.5 Å². The molecule has 2 aromatic heterocycles. The number of pyridine rings is 1. The van der Waals surface area contributed by atoms with Crippen LogP contribution in [0.25, 0.3) is 22.3 Å². The van der Waals surface area contributed by atoms with Crippen LogP contribution in [-0.2, 0) is 6.54 Å². The predicted molar refractivity (Wildman–Crippen MR) is 127 cm³/mol. The Bertz CT molecular complexity index is 1260. The molecule has 0 fully saturated rings. The molecular formula is C25H27N5O2. The lowest BCUT2D eigenvalue weighted by atomic mass is 10.0. The monoisotopic (exact) mass is 429 g/mol. The van der Waals surface area contributed by atoms with Crippen molar-refractivity contribution in [3.05, 3.63) is 71.7 Å². The highest BCUT2D eigenvalue weighted by Gasteiger charge is 2.14. The minimum Gasteiger partial charge on any atom is -0.497 e. The molecular weight excluding hydrogens is 402 g/mol. The van der Waals surface area contributed by atoms with Crippen molar-refractivity contribution in [2.75, 3.05) is 19.0 Å². The molecule has 2 aromatic carbocycles. The Hall–Kier alpha value is -3.87. The molecule has 7 heteroatoms. The number of nitrogens with one attached hydrogen (secondary N) is 2. The minimum atomic E-state index is -0.246. The Morgan fingerprint density at radius 3 is 2.53 bits per heavy atom. The highest BCUT2D eigenvalue weighted by molar-refractivity contribution is 5.92. The number of ether oxygens (including phenoxy) is 1. The molecule has 4 aromatic rings. The van der Waals surface area contributed by atoms with Crippen molar-refractivity contribution >= 4 is 22.9 Å². The van der Waals surface area contributed by atoms with Crippen LogP contribution in [0.3, 0.4) is 0 Å². The number of anilines is 1. The summed E-state index contributed by atoms with van der Waals surface area (Å²) in [5, 5.41) is 5.57. The summed E-state index contributed by atoms with van der Waals surface area (Å²) in [5.41, 5.74) is 6.38. The minimum absolute atomic E-state index is 0.246. The van der Waals surface area contributed by atoms with Gasteiger partial charge in [-0.2, -0.15) is 0 Å². The van der Waals surface area contributed by atoms with Gasteiger partial charge >= 0.3 is 6.03 Å². The van der Waals surface area contributed by atoms with E-state index in [1.165, 1.54) is 0 Å². The summed E-state index contributed by atoms with van der Waals surface area (Å²) in [6, 6.07) is 18.1. The van der Waals surface area contributed by atoms with Gasteiger partial charge in [0.25, 0.3) is 0 Å². The quantitative estimate of drug-likeness (QED) is 0.456. The summed E-state index contributed by atoms with van der Waals surface area (Å²) in [5.74, 6) is 1.72. The summed E-state index contributed by atoms with van der Waals surface area (Å²) in [7, 11) is 1.68. The fourth-order valence-electron chi connectivity index (χ4n) is 3.68. The van der Waals surface area contributed by atoms with E-state index in [2.05, 4.69) is 50.5 Å². The first-order chi connectivity index (χ1) is 15.5. The van der Waals surface area contributed by atoms with Crippen LogP contribution in [0.15, 0.2) is 54.6 Å². The molecule has 164 valence electrons. The van der Waals surface area contributed by atoms with Gasteiger partial charge in [0, 0.05) is 6.54 Å². The smallest absolute Gasteiger partial charge is 0.319 e. The predicted octanol–water partition coefficient (Wildman–Crippen LogP) is 4.91. The van der Waals surface area contributed by atoms with Gasteiger partial charge in [-0.05, 0) is 55.7 Å². The Balaban J connectivity index is 1.59. The lowest BCUT2D eigenvalue weighted by Gasteiger charge is -2.11. The second kappa shape index (κ2) is 9.09. The van der Waals surface area contributed by atoms with Gasteiger partial charge in [-0.25, -0.2) is 14.8 Å². The number of carbonyl (C=O) groups is 1. The van der Waals surface area contributed by atoms with Crippen LogP contribution in [-0.4, -0.2) is 34.2 Å². The highest BCUT2D eigenvalue weighted by atomic mass is 16.5. The fraction of sp³-hybridized carbons (Fsp3) is 0.240. The largest absolute Gasteiger partial charge is 0.497 e. The van der Waals surface area contributed by atoms with E-state index in [-0.39, 0.29) is 6.03 Å². The lowest BCUT2D eigenvalue weighted by molar-refractivity contribution is 0.252. The van der Waals surface area contributed by atoms with Gasteiger partial charge in [-0.15, -0.1) is 0 Å². The van der Waals surface area contributed by atoms with Crippen molar-refractivity contribution in [1.82, 2.24) is 19.9 Å². The third-order valence-electron chi connectivity index (χ3n) is 5.39. The standard InChI is InChI=1S/C25H27N5O2/c1-5-26-25(31)29-22-14-23-24(27-16(22)2)30(17(3)28-23)15-18-9-11-19(12-10-18)20-7-6-8-21(13-20)32-4/h6-14H,5,15H2,1-4H3,(H2,26,29,31). The zero-order valence-electron chi connectivity index (χ0n) is 18.8. The second-order valence-corrected chi connectivity index (χ2v) is 7.62. The maximum atomic E-state index is 11.9. The Morgan fingerprint density at radius 2 is 1.81 bits per heavy atom. The molecule has 4 rings (SSSR count). The third kappa shape index (κ3) is 4.42. The van der Waals surface area contributed by atoms with Gasteiger partial charge in [-0.3, -0.25) is 0 Å². The number of fused-ring (bicyclic) bond motifs is 1. The van der Waals surface area contributed by atoms with E-state index < -0.39 is 0 Å².